The molecule has 206 valence electrons. The lowest BCUT2D eigenvalue weighted by Gasteiger charge is -2.39. The number of hydrogen-bond acceptors (Lipinski definition) is 15. The number of nitrogens with one attached hydrogen (secondary N) is 1. The van der Waals surface area contributed by atoms with Crippen LogP contribution in [0, 0.1) is 0 Å². The van der Waals surface area contributed by atoms with Crippen molar-refractivity contribution in [3.05, 3.63) is 33.1 Å². The van der Waals surface area contributed by atoms with E-state index in [4.69, 9.17) is 14.6 Å². The SMILES string of the molecule is O=c1ccn(C2OC(COP(=O)(O)OP(=O)(O)O[C@H]3O[C@H](CO)[C@@H](O)[C@H](O)[C@H]3O)[C@@H](O)[C@H]2O)c(=O)[nH]1. The van der Waals surface area contributed by atoms with E-state index in [1.165, 1.54) is 0 Å². The molecule has 2 saturated heterocycles. The van der Waals surface area contributed by atoms with Crippen LogP contribution < -0.4 is 11.2 Å². The number of ether oxygens (including phenoxy) is 2. The Morgan fingerprint density at radius 2 is 1.56 bits per heavy atom. The van der Waals surface area contributed by atoms with Crippen LogP contribution in [0.5, 0.6) is 0 Å². The molecule has 9 N–H and O–H groups in total. The summed E-state index contributed by atoms with van der Waals surface area (Å²) in [6.07, 6.45) is -15.4. The molecule has 0 saturated carbocycles. The third kappa shape index (κ3) is 6.54. The average molecular weight is 566 g/mol. The minimum absolute atomic E-state index is 0.723. The van der Waals surface area contributed by atoms with E-state index in [9.17, 15) is 54.0 Å². The smallest absolute Gasteiger partial charge is 0.394 e. The third-order valence-corrected chi connectivity index (χ3v) is 7.76. The van der Waals surface area contributed by atoms with Gasteiger partial charge in [0.25, 0.3) is 5.56 Å². The summed E-state index contributed by atoms with van der Waals surface area (Å²) in [6, 6.07) is 0.928. The molecule has 0 aromatic carbocycles. The van der Waals surface area contributed by atoms with Gasteiger partial charge in [-0.1, -0.05) is 0 Å². The van der Waals surface area contributed by atoms with Crippen molar-refractivity contribution >= 4 is 15.6 Å². The standard InChI is InChI=1S/C15H24N2O17P2/c18-3-5-8(20)10(22)12(24)14(32-5)33-36(28,29)34-35(26,27)30-4-6-9(21)11(23)13(31-6)17-2-1-7(19)16-15(17)25/h1-2,5-6,8-14,18,20-24H,3-4H2,(H,26,27)(H,28,29)(H,16,19,25)/t5-,6?,8-,9-,10+,11-,12-,13?,14-/m1/s1. The maximum absolute atomic E-state index is 12.2. The molecule has 0 bridgehead atoms. The van der Waals surface area contributed by atoms with Crippen LogP contribution in [-0.4, -0.2) is 112 Å². The zero-order valence-corrected chi connectivity index (χ0v) is 19.6. The van der Waals surface area contributed by atoms with Gasteiger partial charge in [0.1, 0.15) is 42.7 Å². The van der Waals surface area contributed by atoms with Crippen LogP contribution in [0.1, 0.15) is 6.23 Å². The summed E-state index contributed by atoms with van der Waals surface area (Å²) in [5, 5.41) is 58.6. The van der Waals surface area contributed by atoms with E-state index >= 15 is 0 Å². The summed E-state index contributed by atoms with van der Waals surface area (Å²) in [5.41, 5.74) is -1.75. The number of aliphatic hydroxyl groups excluding tert-OH is 6. The van der Waals surface area contributed by atoms with Gasteiger partial charge >= 0.3 is 21.3 Å². The Morgan fingerprint density at radius 1 is 0.917 bits per heavy atom. The van der Waals surface area contributed by atoms with Gasteiger partial charge in [0.2, 0.25) is 0 Å². The molecule has 2 aliphatic rings. The van der Waals surface area contributed by atoms with Crippen LogP contribution in [0.25, 0.3) is 0 Å². The highest BCUT2D eigenvalue weighted by molar-refractivity contribution is 7.61. The van der Waals surface area contributed by atoms with E-state index in [-0.39, 0.29) is 0 Å². The van der Waals surface area contributed by atoms with Gasteiger partial charge in [0.15, 0.2) is 12.5 Å². The first kappa shape index (κ1) is 29.2. The lowest BCUT2D eigenvalue weighted by atomic mass is 10.00. The number of phosphoric ester groups is 2. The van der Waals surface area contributed by atoms with Crippen molar-refractivity contribution in [3.63, 3.8) is 0 Å². The fourth-order valence-electron chi connectivity index (χ4n) is 3.35. The summed E-state index contributed by atoms with van der Waals surface area (Å²) in [4.78, 5) is 44.5. The first-order chi connectivity index (χ1) is 16.7. The monoisotopic (exact) mass is 566 g/mol. The predicted octanol–water partition coefficient (Wildman–Crippen LogP) is -4.79. The fourth-order valence-corrected chi connectivity index (χ4v) is 5.51. The highest BCUT2D eigenvalue weighted by Crippen LogP contribution is 2.61. The van der Waals surface area contributed by atoms with Crippen LogP contribution in [-0.2, 0) is 32.0 Å². The average Bonchev–Trinajstić information content (AvgIpc) is 3.06. The Bertz CT molecular complexity index is 1120. The number of H-pyrrole nitrogens is 1. The number of nitrogens with zero attached hydrogens (tertiary/aromatic N) is 1. The van der Waals surface area contributed by atoms with Gasteiger partial charge in [-0.2, -0.15) is 4.31 Å². The molecule has 19 nitrogen and oxygen atoms in total. The number of aliphatic hydroxyl groups is 6. The lowest BCUT2D eigenvalue weighted by molar-refractivity contribution is -0.280. The summed E-state index contributed by atoms with van der Waals surface area (Å²) < 4.78 is 48.1. The van der Waals surface area contributed by atoms with Crippen molar-refractivity contribution in [1.82, 2.24) is 9.55 Å². The topological polar surface area (TPSA) is 297 Å². The Hall–Kier alpha value is -1.38. The van der Waals surface area contributed by atoms with Gasteiger partial charge in [-0.05, 0) is 0 Å². The van der Waals surface area contributed by atoms with Crippen molar-refractivity contribution in [3.8, 4) is 0 Å². The molecule has 3 rings (SSSR count). The summed E-state index contributed by atoms with van der Waals surface area (Å²) in [6.45, 7) is -1.93. The summed E-state index contributed by atoms with van der Waals surface area (Å²) >= 11 is 0. The van der Waals surface area contributed by atoms with E-state index in [0.717, 1.165) is 16.8 Å². The molecule has 0 spiro atoms. The second-order valence-electron chi connectivity index (χ2n) is 7.68. The largest absolute Gasteiger partial charge is 0.483 e. The van der Waals surface area contributed by atoms with E-state index in [2.05, 4.69) is 13.4 Å². The Morgan fingerprint density at radius 3 is 2.17 bits per heavy atom. The van der Waals surface area contributed by atoms with E-state index < -0.39 is 95.4 Å². The zero-order valence-electron chi connectivity index (χ0n) is 17.9. The molecule has 11 atom stereocenters. The highest BCUT2D eigenvalue weighted by atomic mass is 31.3. The Balaban J connectivity index is 1.61. The van der Waals surface area contributed by atoms with Crippen molar-refractivity contribution in [1.29, 1.82) is 0 Å². The number of hydrogen-bond donors (Lipinski definition) is 9. The third-order valence-electron chi connectivity index (χ3n) is 5.16. The zero-order chi connectivity index (χ0) is 27.0. The van der Waals surface area contributed by atoms with Crippen LogP contribution in [0.15, 0.2) is 21.9 Å². The molecule has 21 heteroatoms. The van der Waals surface area contributed by atoms with Gasteiger partial charge in [-0.15, -0.1) is 0 Å². The van der Waals surface area contributed by atoms with Gasteiger partial charge < -0.3 is 49.9 Å². The number of phosphoric acid groups is 2. The maximum atomic E-state index is 12.2. The molecule has 0 aliphatic carbocycles. The predicted molar refractivity (Wildman–Crippen MR) is 109 cm³/mol. The second kappa shape index (κ2) is 11.2. The van der Waals surface area contributed by atoms with Crippen molar-refractivity contribution in [2.75, 3.05) is 13.2 Å². The van der Waals surface area contributed by atoms with E-state index in [1.54, 1.807) is 0 Å². The summed E-state index contributed by atoms with van der Waals surface area (Å²) in [5.74, 6) is 0. The first-order valence-corrected chi connectivity index (χ1v) is 13.0. The van der Waals surface area contributed by atoms with Gasteiger partial charge in [-0.3, -0.25) is 23.4 Å². The van der Waals surface area contributed by atoms with Crippen molar-refractivity contribution < 1.29 is 72.4 Å². The Kier molecular flexibility index (Phi) is 9.05. The summed E-state index contributed by atoms with van der Waals surface area (Å²) in [7, 11) is -11.1. The van der Waals surface area contributed by atoms with Gasteiger partial charge in [0, 0.05) is 12.3 Å². The molecular formula is C15H24N2O17P2. The van der Waals surface area contributed by atoms with Crippen LogP contribution in [0.3, 0.4) is 0 Å². The van der Waals surface area contributed by atoms with Gasteiger partial charge in [-0.25, -0.2) is 13.9 Å². The number of rotatable bonds is 9. The molecule has 3 heterocycles. The van der Waals surface area contributed by atoms with E-state index in [1.807, 2.05) is 4.98 Å². The molecule has 36 heavy (non-hydrogen) atoms. The van der Waals surface area contributed by atoms with Crippen LogP contribution >= 0.6 is 15.6 Å². The van der Waals surface area contributed by atoms with Crippen LogP contribution in [0.4, 0.5) is 0 Å². The highest BCUT2D eigenvalue weighted by Gasteiger charge is 2.49. The molecule has 1 aromatic rings. The molecular weight excluding hydrogens is 542 g/mol. The molecule has 0 amide bonds. The molecule has 2 fully saturated rings. The molecule has 0 radical (unpaired) electrons. The first-order valence-electron chi connectivity index (χ1n) is 9.99. The van der Waals surface area contributed by atoms with Gasteiger partial charge in [0.05, 0.1) is 13.2 Å². The molecule has 4 unspecified atom stereocenters. The molecule has 2 aliphatic heterocycles. The quantitative estimate of drug-likeness (QED) is 0.127. The lowest BCUT2D eigenvalue weighted by Crippen LogP contribution is -2.58. The Labute approximate surface area is 199 Å². The maximum Gasteiger partial charge on any atom is 0.483 e. The number of aromatic amines is 1. The fraction of sp³-hybridized carbons (Fsp3) is 0.733. The van der Waals surface area contributed by atoms with Crippen LogP contribution in [0.2, 0.25) is 0 Å². The van der Waals surface area contributed by atoms with Crippen molar-refractivity contribution in [2.45, 2.75) is 55.2 Å². The minimum Gasteiger partial charge on any atom is -0.394 e. The van der Waals surface area contributed by atoms with E-state index in [0.29, 0.717) is 0 Å². The molecule has 1 aromatic heterocycles. The normalized spacial score (nSPS) is 38.4. The minimum atomic E-state index is -5.59. The number of aromatic nitrogens is 2. The second-order valence-corrected chi connectivity index (χ2v) is 10.7. The van der Waals surface area contributed by atoms with Crippen molar-refractivity contribution in [2.24, 2.45) is 0 Å².